The van der Waals surface area contributed by atoms with Crippen molar-refractivity contribution in [3.63, 3.8) is 0 Å². The molecule has 0 saturated heterocycles. The third-order valence-electron chi connectivity index (χ3n) is 4.39. The highest BCUT2D eigenvalue weighted by atomic mass is 35.5. The van der Waals surface area contributed by atoms with Crippen molar-refractivity contribution >= 4 is 43.2 Å². The van der Waals surface area contributed by atoms with Crippen molar-refractivity contribution < 1.29 is 12.9 Å². The topological polar surface area (TPSA) is 107 Å². The lowest BCUT2D eigenvalue weighted by atomic mass is 10.2. The molecule has 4 aromatic rings. The molecule has 156 valence electrons. The van der Waals surface area contributed by atoms with Crippen molar-refractivity contribution in [2.24, 2.45) is 0 Å². The van der Waals surface area contributed by atoms with E-state index in [-0.39, 0.29) is 28.0 Å². The van der Waals surface area contributed by atoms with E-state index in [1.165, 1.54) is 12.1 Å². The first kappa shape index (κ1) is 20.7. The molecular weight excluding hydrogens is 448 g/mol. The molecule has 0 bridgehead atoms. The van der Waals surface area contributed by atoms with Crippen LogP contribution in [0.4, 0.5) is 0 Å². The first-order chi connectivity index (χ1) is 14.4. The molecule has 0 unspecified atom stereocenters. The number of sulfonamides is 1. The van der Waals surface area contributed by atoms with Crippen molar-refractivity contribution in [1.82, 2.24) is 19.4 Å². The number of aromatic nitrogens is 3. The van der Waals surface area contributed by atoms with Crippen LogP contribution in [0.5, 0.6) is 0 Å². The third-order valence-corrected chi connectivity index (χ3v) is 7.06. The summed E-state index contributed by atoms with van der Waals surface area (Å²) in [6.07, 6.45) is 0.813. The summed E-state index contributed by atoms with van der Waals surface area (Å²) in [6, 6.07) is 11.6. The summed E-state index contributed by atoms with van der Waals surface area (Å²) < 4.78 is 35.2. The molecule has 0 aliphatic rings. The highest BCUT2D eigenvalue weighted by Gasteiger charge is 2.19. The maximum absolute atomic E-state index is 12.7. The summed E-state index contributed by atoms with van der Waals surface area (Å²) in [5.74, 6) is 0.381. The fraction of sp³-hybridized carbons (Fsp3) is 0.211. The fourth-order valence-electron chi connectivity index (χ4n) is 2.97. The number of hydrogen-bond acceptors (Lipinski definition) is 7. The average Bonchev–Trinajstić information content (AvgIpc) is 3.31. The number of benzene rings is 2. The zero-order chi connectivity index (χ0) is 21.3. The van der Waals surface area contributed by atoms with Gasteiger partial charge >= 0.3 is 4.87 Å². The second kappa shape index (κ2) is 8.31. The van der Waals surface area contributed by atoms with Gasteiger partial charge in [-0.05, 0) is 36.8 Å². The molecule has 30 heavy (non-hydrogen) atoms. The van der Waals surface area contributed by atoms with Crippen LogP contribution in [-0.2, 0) is 23.1 Å². The number of fused-ring (bicyclic) bond motifs is 1. The summed E-state index contributed by atoms with van der Waals surface area (Å²) in [6.45, 7) is 2.40. The van der Waals surface area contributed by atoms with Gasteiger partial charge < -0.3 is 4.52 Å². The highest BCUT2D eigenvalue weighted by Crippen LogP contribution is 2.25. The molecule has 0 spiro atoms. The lowest BCUT2D eigenvalue weighted by Gasteiger charge is -2.06. The number of rotatable bonds is 7. The van der Waals surface area contributed by atoms with E-state index in [0.29, 0.717) is 21.8 Å². The number of halogens is 1. The summed E-state index contributed by atoms with van der Waals surface area (Å²) >= 11 is 7.15. The zero-order valence-electron chi connectivity index (χ0n) is 15.8. The molecule has 11 heteroatoms. The van der Waals surface area contributed by atoms with Gasteiger partial charge in [-0.2, -0.15) is 4.98 Å². The van der Waals surface area contributed by atoms with Gasteiger partial charge in [0, 0.05) is 12.1 Å². The van der Waals surface area contributed by atoms with Gasteiger partial charge in [0.1, 0.15) is 0 Å². The second-order valence-electron chi connectivity index (χ2n) is 6.47. The van der Waals surface area contributed by atoms with Crippen LogP contribution in [0.15, 0.2) is 56.7 Å². The molecule has 2 aromatic carbocycles. The highest BCUT2D eigenvalue weighted by molar-refractivity contribution is 7.89. The first-order valence-electron chi connectivity index (χ1n) is 9.09. The Labute approximate surface area is 181 Å². The van der Waals surface area contributed by atoms with Crippen LogP contribution in [0.1, 0.15) is 19.2 Å². The molecule has 4 rings (SSSR count). The maximum Gasteiger partial charge on any atom is 0.308 e. The minimum Gasteiger partial charge on any atom is -0.338 e. The van der Waals surface area contributed by atoms with Crippen LogP contribution in [0.3, 0.4) is 0 Å². The molecule has 2 aromatic heterocycles. The quantitative estimate of drug-likeness (QED) is 0.447. The molecule has 1 N–H and O–H groups in total. The van der Waals surface area contributed by atoms with Crippen LogP contribution >= 0.6 is 22.9 Å². The third kappa shape index (κ3) is 4.04. The predicted octanol–water partition coefficient (Wildman–Crippen LogP) is 3.65. The molecule has 0 aliphatic carbocycles. The van der Waals surface area contributed by atoms with E-state index >= 15 is 0 Å². The Morgan fingerprint density at radius 2 is 2.03 bits per heavy atom. The van der Waals surface area contributed by atoms with Gasteiger partial charge in [0.25, 0.3) is 0 Å². The zero-order valence-corrected chi connectivity index (χ0v) is 18.2. The van der Waals surface area contributed by atoms with Crippen LogP contribution in [0.2, 0.25) is 5.02 Å². The Balaban J connectivity index is 1.54. The number of nitrogens with zero attached hydrogens (tertiary/aromatic N) is 3. The van der Waals surface area contributed by atoms with Gasteiger partial charge in [-0.3, -0.25) is 9.36 Å². The van der Waals surface area contributed by atoms with Gasteiger partial charge in [0.2, 0.25) is 21.7 Å². The standard InChI is InChI=1S/C19H17ClN4O4S2/c1-2-9-24-15-8-7-12(10-16(15)29-19(24)25)30(26,27)21-11-17-22-18(23-28-17)13-5-3-4-6-14(13)20/h3-8,10,21H,2,9,11H2,1H3. The molecule has 2 heterocycles. The number of aryl methyl sites for hydroxylation is 1. The Bertz CT molecular complexity index is 1370. The molecule has 0 saturated carbocycles. The average molecular weight is 465 g/mol. The van der Waals surface area contributed by atoms with E-state index < -0.39 is 10.0 Å². The Morgan fingerprint density at radius 3 is 2.80 bits per heavy atom. The Hall–Kier alpha value is -2.53. The Kier molecular flexibility index (Phi) is 5.74. The van der Waals surface area contributed by atoms with E-state index in [4.69, 9.17) is 16.1 Å². The van der Waals surface area contributed by atoms with Gasteiger partial charge in [-0.25, -0.2) is 13.1 Å². The molecule has 0 amide bonds. The van der Waals surface area contributed by atoms with Gasteiger partial charge in [-0.1, -0.05) is 47.2 Å². The van der Waals surface area contributed by atoms with Crippen molar-refractivity contribution in [3.05, 3.63) is 63.0 Å². The van der Waals surface area contributed by atoms with E-state index in [0.717, 1.165) is 23.3 Å². The summed E-state index contributed by atoms with van der Waals surface area (Å²) in [4.78, 5) is 16.3. The fourth-order valence-corrected chi connectivity index (χ4v) is 5.22. The summed E-state index contributed by atoms with van der Waals surface area (Å²) in [5, 5.41) is 4.32. The summed E-state index contributed by atoms with van der Waals surface area (Å²) in [7, 11) is -3.84. The normalized spacial score (nSPS) is 11.9. The lowest BCUT2D eigenvalue weighted by molar-refractivity contribution is 0.376. The molecule has 0 atom stereocenters. The molecule has 0 fully saturated rings. The van der Waals surface area contributed by atoms with E-state index in [1.807, 2.05) is 6.92 Å². The largest absolute Gasteiger partial charge is 0.338 e. The van der Waals surface area contributed by atoms with Crippen LogP contribution in [-0.4, -0.2) is 23.1 Å². The van der Waals surface area contributed by atoms with Gasteiger partial charge in [-0.15, -0.1) is 0 Å². The second-order valence-corrected chi connectivity index (χ2v) is 9.63. The number of nitrogens with one attached hydrogen (secondary N) is 1. The molecule has 0 aliphatic heterocycles. The van der Waals surface area contributed by atoms with Crippen molar-refractivity contribution in [2.75, 3.05) is 0 Å². The van der Waals surface area contributed by atoms with E-state index in [1.54, 1.807) is 34.9 Å². The SMILES string of the molecule is CCCn1c(=O)sc2cc(S(=O)(=O)NCc3nc(-c4ccccc4Cl)no3)ccc21. The van der Waals surface area contributed by atoms with Gasteiger partial charge in [0.05, 0.1) is 26.7 Å². The number of hydrogen-bond donors (Lipinski definition) is 1. The molecule has 8 nitrogen and oxygen atoms in total. The van der Waals surface area contributed by atoms with Crippen LogP contribution < -0.4 is 9.60 Å². The van der Waals surface area contributed by atoms with Crippen molar-refractivity contribution in [2.45, 2.75) is 31.3 Å². The van der Waals surface area contributed by atoms with Crippen molar-refractivity contribution in [1.29, 1.82) is 0 Å². The minimum absolute atomic E-state index is 0.0609. The van der Waals surface area contributed by atoms with Crippen molar-refractivity contribution in [3.8, 4) is 11.4 Å². The first-order valence-corrected chi connectivity index (χ1v) is 11.8. The van der Waals surface area contributed by atoms with Gasteiger partial charge in [0.15, 0.2) is 0 Å². The summed E-state index contributed by atoms with van der Waals surface area (Å²) in [5.41, 5.74) is 1.32. The smallest absolute Gasteiger partial charge is 0.308 e. The van der Waals surface area contributed by atoms with Crippen LogP contribution in [0, 0.1) is 0 Å². The predicted molar refractivity (Wildman–Crippen MR) is 115 cm³/mol. The van der Waals surface area contributed by atoms with E-state index in [2.05, 4.69) is 14.9 Å². The van der Waals surface area contributed by atoms with Crippen LogP contribution in [0.25, 0.3) is 21.6 Å². The Morgan fingerprint density at radius 1 is 1.23 bits per heavy atom. The monoisotopic (exact) mass is 464 g/mol. The lowest BCUT2D eigenvalue weighted by Crippen LogP contribution is -2.23. The maximum atomic E-state index is 12.7. The molecular formula is C19H17ClN4O4S2. The number of thiazole rings is 1. The molecule has 0 radical (unpaired) electrons. The van der Waals surface area contributed by atoms with E-state index in [9.17, 15) is 13.2 Å². The minimum atomic E-state index is -3.84.